The topological polar surface area (TPSA) is 42.4 Å². The minimum Gasteiger partial charge on any atom is -0.493 e. The van der Waals surface area contributed by atoms with Crippen LogP contribution < -0.4 is 4.74 Å². The van der Waals surface area contributed by atoms with Crippen LogP contribution in [0, 0.1) is 6.92 Å². The second-order valence-corrected chi connectivity index (χ2v) is 4.65. The molecule has 1 N–H and O–H groups in total. The zero-order valence-electron chi connectivity index (χ0n) is 11.3. The molecule has 0 spiro atoms. The van der Waals surface area contributed by atoms with Gasteiger partial charge in [0.15, 0.2) is 0 Å². The van der Waals surface area contributed by atoms with E-state index in [1.165, 1.54) is 5.56 Å². The summed E-state index contributed by atoms with van der Waals surface area (Å²) in [7, 11) is 0. The molecule has 0 aliphatic carbocycles. The molecular weight excluding hydrogens is 238 g/mol. The molecule has 3 nitrogen and oxygen atoms in total. The van der Waals surface area contributed by atoms with Crippen LogP contribution in [0.15, 0.2) is 42.7 Å². The maximum atomic E-state index is 9.52. The van der Waals surface area contributed by atoms with Crippen LogP contribution in [0.2, 0.25) is 0 Å². The fourth-order valence-electron chi connectivity index (χ4n) is 1.92. The predicted molar refractivity (Wildman–Crippen MR) is 75.2 cm³/mol. The Balaban J connectivity index is 1.93. The van der Waals surface area contributed by atoms with E-state index in [2.05, 4.69) is 4.98 Å². The molecule has 1 heterocycles. The number of ether oxygens (including phenoxy) is 1. The molecule has 0 saturated heterocycles. The number of benzene rings is 1. The van der Waals surface area contributed by atoms with Gasteiger partial charge in [-0.2, -0.15) is 0 Å². The first-order valence-electron chi connectivity index (χ1n) is 6.47. The van der Waals surface area contributed by atoms with Crippen LogP contribution in [0.1, 0.15) is 29.7 Å². The van der Waals surface area contributed by atoms with Gasteiger partial charge in [-0.05, 0) is 54.8 Å². The van der Waals surface area contributed by atoms with E-state index in [0.717, 1.165) is 23.3 Å². The Morgan fingerprint density at radius 3 is 2.58 bits per heavy atom. The molecule has 1 unspecified atom stereocenters. The van der Waals surface area contributed by atoms with Crippen molar-refractivity contribution in [3.05, 3.63) is 59.4 Å². The van der Waals surface area contributed by atoms with Crippen LogP contribution in [-0.2, 0) is 6.42 Å². The molecule has 0 radical (unpaired) electrons. The molecule has 0 fully saturated rings. The van der Waals surface area contributed by atoms with Crippen LogP contribution >= 0.6 is 0 Å². The quantitative estimate of drug-likeness (QED) is 0.895. The number of nitrogens with zero attached hydrogens (tertiary/aromatic N) is 1. The van der Waals surface area contributed by atoms with Crippen LogP contribution in [0.25, 0.3) is 0 Å². The molecule has 19 heavy (non-hydrogen) atoms. The summed E-state index contributed by atoms with van der Waals surface area (Å²) in [4.78, 5) is 3.99. The minimum absolute atomic E-state index is 0.440. The van der Waals surface area contributed by atoms with Crippen LogP contribution in [0.5, 0.6) is 5.75 Å². The molecule has 0 aliphatic rings. The maximum Gasteiger partial charge on any atom is 0.122 e. The molecule has 2 aromatic rings. The highest BCUT2D eigenvalue weighted by molar-refractivity contribution is 5.37. The molecule has 1 atom stereocenters. The monoisotopic (exact) mass is 257 g/mol. The normalized spacial score (nSPS) is 12.2. The highest BCUT2D eigenvalue weighted by atomic mass is 16.5. The maximum absolute atomic E-state index is 9.52. The molecular formula is C16H19NO2. The van der Waals surface area contributed by atoms with E-state index < -0.39 is 6.10 Å². The zero-order chi connectivity index (χ0) is 13.7. The lowest BCUT2D eigenvalue weighted by atomic mass is 10.1. The van der Waals surface area contributed by atoms with Gasteiger partial charge in [-0.1, -0.05) is 6.07 Å². The summed E-state index contributed by atoms with van der Waals surface area (Å²) in [5.74, 6) is 0.874. The Kier molecular flexibility index (Phi) is 4.53. The van der Waals surface area contributed by atoms with E-state index in [9.17, 15) is 5.11 Å². The van der Waals surface area contributed by atoms with Gasteiger partial charge in [0.25, 0.3) is 0 Å². The molecule has 3 heteroatoms. The van der Waals surface area contributed by atoms with Crippen LogP contribution in [0.3, 0.4) is 0 Å². The Hall–Kier alpha value is -1.87. The molecule has 2 rings (SSSR count). The first kappa shape index (κ1) is 13.6. The summed E-state index contributed by atoms with van der Waals surface area (Å²) in [6.07, 6.45) is 4.00. The van der Waals surface area contributed by atoms with E-state index in [1.807, 2.05) is 37.3 Å². The van der Waals surface area contributed by atoms with Crippen molar-refractivity contribution in [1.82, 2.24) is 4.98 Å². The molecule has 1 aromatic carbocycles. The van der Waals surface area contributed by atoms with Crippen LogP contribution in [0.4, 0.5) is 0 Å². The van der Waals surface area contributed by atoms with Gasteiger partial charge < -0.3 is 9.84 Å². The average Bonchev–Trinajstić information content (AvgIpc) is 2.41. The second-order valence-electron chi connectivity index (χ2n) is 4.65. The number of pyridine rings is 1. The summed E-state index contributed by atoms with van der Waals surface area (Å²) in [5, 5.41) is 9.52. The second kappa shape index (κ2) is 6.34. The van der Waals surface area contributed by atoms with Crippen molar-refractivity contribution in [1.29, 1.82) is 0 Å². The van der Waals surface area contributed by atoms with E-state index in [1.54, 1.807) is 19.3 Å². The van der Waals surface area contributed by atoms with Crippen molar-refractivity contribution in [3.8, 4) is 5.75 Å². The Labute approximate surface area is 113 Å². The average molecular weight is 257 g/mol. The first-order valence-corrected chi connectivity index (χ1v) is 6.47. The highest BCUT2D eigenvalue weighted by Gasteiger charge is 2.05. The van der Waals surface area contributed by atoms with E-state index in [-0.39, 0.29) is 0 Å². The van der Waals surface area contributed by atoms with Crippen molar-refractivity contribution in [2.24, 2.45) is 0 Å². The number of aromatic nitrogens is 1. The number of aliphatic hydroxyl groups is 1. The Morgan fingerprint density at radius 1 is 1.21 bits per heavy atom. The van der Waals surface area contributed by atoms with Crippen molar-refractivity contribution < 1.29 is 9.84 Å². The minimum atomic E-state index is -0.440. The molecule has 1 aromatic heterocycles. The number of aliphatic hydroxyl groups excluding tert-OH is 1. The lowest BCUT2D eigenvalue weighted by Crippen LogP contribution is -2.03. The van der Waals surface area contributed by atoms with E-state index in [0.29, 0.717) is 6.61 Å². The van der Waals surface area contributed by atoms with Gasteiger partial charge >= 0.3 is 0 Å². The zero-order valence-corrected chi connectivity index (χ0v) is 11.3. The fourth-order valence-corrected chi connectivity index (χ4v) is 1.92. The predicted octanol–water partition coefficient (Wildman–Crippen LogP) is 3.06. The van der Waals surface area contributed by atoms with Crippen LogP contribution in [-0.4, -0.2) is 16.7 Å². The molecule has 0 saturated carbocycles. The third-order valence-corrected chi connectivity index (χ3v) is 3.08. The lowest BCUT2D eigenvalue weighted by molar-refractivity contribution is 0.199. The first-order chi connectivity index (χ1) is 9.16. The van der Waals surface area contributed by atoms with Crippen molar-refractivity contribution in [3.63, 3.8) is 0 Å². The lowest BCUT2D eigenvalue weighted by Gasteiger charge is -2.12. The fraction of sp³-hybridized carbons (Fsp3) is 0.312. The van der Waals surface area contributed by atoms with Gasteiger partial charge in [0, 0.05) is 18.8 Å². The SMILES string of the molecule is Cc1cc(C(C)O)ccc1OCCc1ccncc1. The standard InChI is InChI=1S/C16H19NO2/c1-12-11-15(13(2)18)3-4-16(12)19-10-7-14-5-8-17-9-6-14/h3-6,8-9,11,13,18H,7,10H2,1-2H3. The molecule has 100 valence electrons. The molecule has 0 amide bonds. The summed E-state index contributed by atoms with van der Waals surface area (Å²) in [6, 6.07) is 9.77. The van der Waals surface area contributed by atoms with Crippen molar-refractivity contribution in [2.75, 3.05) is 6.61 Å². The molecule has 0 bridgehead atoms. The third kappa shape index (κ3) is 3.80. The summed E-state index contributed by atoms with van der Waals surface area (Å²) in [5.41, 5.74) is 3.18. The number of rotatable bonds is 5. The van der Waals surface area contributed by atoms with Gasteiger partial charge in [0.2, 0.25) is 0 Å². The smallest absolute Gasteiger partial charge is 0.122 e. The Morgan fingerprint density at radius 2 is 1.95 bits per heavy atom. The number of aryl methyl sites for hydroxylation is 1. The number of hydrogen-bond acceptors (Lipinski definition) is 3. The van der Waals surface area contributed by atoms with Gasteiger partial charge in [0.05, 0.1) is 12.7 Å². The van der Waals surface area contributed by atoms with Gasteiger partial charge in [0.1, 0.15) is 5.75 Å². The third-order valence-electron chi connectivity index (χ3n) is 3.08. The summed E-state index contributed by atoms with van der Waals surface area (Å²) >= 11 is 0. The number of hydrogen-bond donors (Lipinski definition) is 1. The van der Waals surface area contributed by atoms with Gasteiger partial charge in [-0.25, -0.2) is 0 Å². The molecule has 0 aliphatic heterocycles. The van der Waals surface area contributed by atoms with E-state index >= 15 is 0 Å². The van der Waals surface area contributed by atoms with Gasteiger partial charge in [-0.3, -0.25) is 4.98 Å². The largest absolute Gasteiger partial charge is 0.493 e. The van der Waals surface area contributed by atoms with Gasteiger partial charge in [-0.15, -0.1) is 0 Å². The van der Waals surface area contributed by atoms with E-state index in [4.69, 9.17) is 4.74 Å². The summed E-state index contributed by atoms with van der Waals surface area (Å²) < 4.78 is 5.77. The highest BCUT2D eigenvalue weighted by Crippen LogP contribution is 2.22. The van der Waals surface area contributed by atoms with Crippen molar-refractivity contribution in [2.45, 2.75) is 26.4 Å². The summed E-state index contributed by atoms with van der Waals surface area (Å²) in [6.45, 7) is 4.39. The van der Waals surface area contributed by atoms with Crippen molar-refractivity contribution >= 4 is 0 Å². The Bertz CT molecular complexity index is 524.